The Bertz CT molecular complexity index is 1080. The highest BCUT2D eigenvalue weighted by Gasteiger charge is 2.23. The average Bonchev–Trinajstić information content (AvgIpc) is 3.23. The number of hydrogen-bond donors (Lipinski definition) is 0. The van der Waals surface area contributed by atoms with Gasteiger partial charge in [-0.3, -0.25) is 4.40 Å². The summed E-state index contributed by atoms with van der Waals surface area (Å²) in [4.78, 5) is 22.4. The van der Waals surface area contributed by atoms with E-state index in [1.54, 1.807) is 6.92 Å². The number of hydrogen-bond acceptors (Lipinski definition) is 5. The molecule has 0 unspecified atom stereocenters. The van der Waals surface area contributed by atoms with Gasteiger partial charge in [0.05, 0.1) is 18.0 Å². The molecule has 3 heterocycles. The number of nitrogens with zero attached hydrogens (tertiary/aromatic N) is 3. The van der Waals surface area contributed by atoms with Crippen molar-refractivity contribution < 1.29 is 9.53 Å². The Hall–Kier alpha value is -2.99. The first kappa shape index (κ1) is 16.5. The lowest BCUT2D eigenvalue weighted by Crippen LogP contribution is -2.03. The molecule has 1 aromatic carbocycles. The molecule has 0 spiro atoms. The third kappa shape index (κ3) is 2.78. The van der Waals surface area contributed by atoms with E-state index in [0.717, 1.165) is 27.6 Å². The van der Waals surface area contributed by atoms with E-state index < -0.39 is 0 Å². The lowest BCUT2D eigenvalue weighted by atomic mass is 10.1. The fourth-order valence-corrected chi connectivity index (χ4v) is 3.99. The van der Waals surface area contributed by atoms with E-state index in [4.69, 9.17) is 9.72 Å². The molecule has 0 N–H and O–H groups in total. The van der Waals surface area contributed by atoms with Crippen LogP contribution in [0.2, 0.25) is 0 Å². The molecule has 0 amide bonds. The minimum atomic E-state index is -0.346. The number of esters is 1. The van der Waals surface area contributed by atoms with Crippen LogP contribution < -0.4 is 0 Å². The highest BCUT2D eigenvalue weighted by molar-refractivity contribution is 7.17. The molecule has 4 rings (SSSR count). The van der Waals surface area contributed by atoms with Crippen molar-refractivity contribution in [1.82, 2.24) is 14.4 Å². The number of aryl methyl sites for hydroxylation is 1. The molecule has 26 heavy (non-hydrogen) atoms. The summed E-state index contributed by atoms with van der Waals surface area (Å²) in [5.41, 5.74) is 4.17. The Morgan fingerprint density at radius 3 is 2.65 bits per heavy atom. The van der Waals surface area contributed by atoms with Crippen molar-refractivity contribution in [3.8, 4) is 22.0 Å². The van der Waals surface area contributed by atoms with Gasteiger partial charge < -0.3 is 4.74 Å². The molecular weight excluding hydrogens is 346 g/mol. The molecule has 0 atom stereocenters. The molecule has 0 aliphatic carbocycles. The van der Waals surface area contributed by atoms with Crippen molar-refractivity contribution in [2.45, 2.75) is 13.8 Å². The van der Waals surface area contributed by atoms with Gasteiger partial charge in [0.1, 0.15) is 21.2 Å². The minimum Gasteiger partial charge on any atom is -0.462 e. The van der Waals surface area contributed by atoms with Crippen LogP contribution in [0.3, 0.4) is 0 Å². The van der Waals surface area contributed by atoms with Crippen LogP contribution in [0.4, 0.5) is 0 Å². The van der Waals surface area contributed by atoms with E-state index in [1.165, 1.54) is 11.3 Å². The number of benzene rings is 1. The van der Waals surface area contributed by atoms with Gasteiger partial charge in [0.25, 0.3) is 0 Å². The van der Waals surface area contributed by atoms with Crippen molar-refractivity contribution in [1.29, 1.82) is 0 Å². The standard InChI is InChI=1S/C20H17N3O2S/c1-3-25-20(24)18-16(14-9-5-4-6-10-14)22-19(26-18)17-13(2)21-15-11-7-8-12-23(15)17/h4-12H,3H2,1-2H3. The average molecular weight is 363 g/mol. The third-order valence-corrected chi connectivity index (χ3v) is 5.08. The van der Waals surface area contributed by atoms with E-state index in [1.807, 2.05) is 66.1 Å². The number of aromatic nitrogens is 3. The predicted octanol–water partition coefficient (Wildman–Crippen LogP) is 4.61. The van der Waals surface area contributed by atoms with Crippen molar-refractivity contribution in [2.75, 3.05) is 6.61 Å². The van der Waals surface area contributed by atoms with Crippen molar-refractivity contribution in [2.24, 2.45) is 0 Å². The number of pyridine rings is 1. The first-order valence-electron chi connectivity index (χ1n) is 8.36. The summed E-state index contributed by atoms with van der Waals surface area (Å²) in [6, 6.07) is 15.6. The van der Waals surface area contributed by atoms with Crippen molar-refractivity contribution in [3.63, 3.8) is 0 Å². The number of thiazole rings is 1. The summed E-state index contributed by atoms with van der Waals surface area (Å²) in [6.45, 7) is 4.08. The van der Waals surface area contributed by atoms with E-state index in [2.05, 4.69) is 4.98 Å². The molecule has 0 fully saturated rings. The van der Waals surface area contributed by atoms with Crippen molar-refractivity contribution in [3.05, 3.63) is 65.3 Å². The van der Waals surface area contributed by atoms with Crippen LogP contribution in [0.25, 0.3) is 27.6 Å². The lowest BCUT2D eigenvalue weighted by molar-refractivity contribution is 0.0532. The SMILES string of the molecule is CCOC(=O)c1sc(-c2c(C)nc3ccccn23)nc1-c1ccccc1. The van der Waals surface area contributed by atoms with E-state index in [0.29, 0.717) is 17.2 Å². The van der Waals surface area contributed by atoms with Gasteiger partial charge in [-0.25, -0.2) is 14.8 Å². The maximum Gasteiger partial charge on any atom is 0.350 e. The van der Waals surface area contributed by atoms with Gasteiger partial charge in [-0.2, -0.15) is 0 Å². The number of rotatable bonds is 4. The summed E-state index contributed by atoms with van der Waals surface area (Å²) in [7, 11) is 0. The van der Waals surface area contributed by atoms with Crippen LogP contribution in [-0.4, -0.2) is 26.9 Å². The van der Waals surface area contributed by atoms with E-state index in [-0.39, 0.29) is 5.97 Å². The molecular formula is C20H17N3O2S. The smallest absolute Gasteiger partial charge is 0.350 e. The second-order valence-electron chi connectivity index (χ2n) is 5.76. The molecule has 0 saturated carbocycles. The summed E-state index contributed by atoms with van der Waals surface area (Å²) in [5.74, 6) is -0.346. The Morgan fingerprint density at radius 1 is 1.12 bits per heavy atom. The number of fused-ring (bicyclic) bond motifs is 1. The zero-order chi connectivity index (χ0) is 18.1. The van der Waals surface area contributed by atoms with Gasteiger partial charge >= 0.3 is 5.97 Å². The van der Waals surface area contributed by atoms with E-state index >= 15 is 0 Å². The Kier molecular flexibility index (Phi) is 4.26. The van der Waals surface area contributed by atoms with Gasteiger partial charge in [0, 0.05) is 11.8 Å². The Labute approximate surface area is 154 Å². The van der Waals surface area contributed by atoms with Crippen LogP contribution in [0.15, 0.2) is 54.7 Å². The summed E-state index contributed by atoms with van der Waals surface area (Å²) in [5, 5.41) is 0.753. The molecule has 0 saturated heterocycles. The lowest BCUT2D eigenvalue weighted by Gasteiger charge is -2.01. The van der Waals surface area contributed by atoms with Gasteiger partial charge in [0.2, 0.25) is 0 Å². The first-order chi connectivity index (χ1) is 12.7. The van der Waals surface area contributed by atoms with Crippen LogP contribution in [-0.2, 0) is 4.74 Å². The fourth-order valence-electron chi connectivity index (χ4n) is 2.92. The fraction of sp³-hybridized carbons (Fsp3) is 0.150. The first-order valence-corrected chi connectivity index (χ1v) is 9.18. The van der Waals surface area contributed by atoms with Crippen LogP contribution in [0.1, 0.15) is 22.3 Å². The Balaban J connectivity index is 1.93. The second-order valence-corrected chi connectivity index (χ2v) is 6.76. The highest BCUT2D eigenvalue weighted by Crippen LogP contribution is 2.36. The quantitative estimate of drug-likeness (QED) is 0.497. The van der Waals surface area contributed by atoms with Crippen molar-refractivity contribution >= 4 is 23.0 Å². The Morgan fingerprint density at radius 2 is 1.88 bits per heavy atom. The van der Waals surface area contributed by atoms with Crippen LogP contribution >= 0.6 is 11.3 Å². The molecule has 0 aliphatic heterocycles. The molecule has 6 heteroatoms. The van der Waals surface area contributed by atoms with Gasteiger partial charge in [-0.05, 0) is 26.0 Å². The number of ether oxygens (including phenoxy) is 1. The van der Waals surface area contributed by atoms with E-state index in [9.17, 15) is 4.79 Å². The minimum absolute atomic E-state index is 0.328. The summed E-state index contributed by atoms with van der Waals surface area (Å²) in [6.07, 6.45) is 1.96. The number of carbonyl (C=O) groups excluding carboxylic acids is 1. The molecule has 5 nitrogen and oxygen atoms in total. The van der Waals surface area contributed by atoms with Crippen LogP contribution in [0.5, 0.6) is 0 Å². The largest absolute Gasteiger partial charge is 0.462 e. The maximum atomic E-state index is 12.5. The maximum absolute atomic E-state index is 12.5. The van der Waals surface area contributed by atoms with Gasteiger partial charge in [0.15, 0.2) is 0 Å². The van der Waals surface area contributed by atoms with Gasteiger partial charge in [-0.15, -0.1) is 11.3 Å². The second kappa shape index (κ2) is 6.72. The molecule has 0 bridgehead atoms. The monoisotopic (exact) mass is 363 g/mol. The summed E-state index contributed by atoms with van der Waals surface area (Å²) >= 11 is 1.34. The summed E-state index contributed by atoms with van der Waals surface area (Å²) < 4.78 is 7.25. The molecule has 3 aromatic heterocycles. The molecule has 4 aromatic rings. The molecule has 130 valence electrons. The normalized spacial score (nSPS) is 11.0. The number of carbonyl (C=O) groups is 1. The molecule has 0 aliphatic rings. The zero-order valence-corrected chi connectivity index (χ0v) is 15.3. The van der Waals surface area contributed by atoms with Crippen LogP contribution in [0, 0.1) is 6.92 Å². The molecule has 0 radical (unpaired) electrons. The predicted molar refractivity (Wildman–Crippen MR) is 102 cm³/mol. The zero-order valence-electron chi connectivity index (χ0n) is 14.5. The topological polar surface area (TPSA) is 56.5 Å². The highest BCUT2D eigenvalue weighted by atomic mass is 32.1. The van der Waals surface area contributed by atoms with Gasteiger partial charge in [-0.1, -0.05) is 36.4 Å². The third-order valence-electron chi connectivity index (χ3n) is 4.04. The number of imidazole rings is 1.